The molecule has 0 radical (unpaired) electrons. The molecule has 1 aliphatic carbocycles. The number of nitrogens with two attached hydrogens (primary N) is 1. The van der Waals surface area contributed by atoms with Crippen molar-refractivity contribution in [2.45, 2.75) is 56.6 Å². The van der Waals surface area contributed by atoms with Gasteiger partial charge in [0, 0.05) is 49.3 Å². The van der Waals surface area contributed by atoms with Crippen LogP contribution in [0, 0.1) is 11.3 Å². The second-order valence-electron chi connectivity index (χ2n) is 10.3. The molecule has 1 saturated heterocycles. The van der Waals surface area contributed by atoms with Gasteiger partial charge in [-0.2, -0.15) is 31.6 Å². The number of hydrogen-bond donors (Lipinski definition) is 2. The van der Waals surface area contributed by atoms with E-state index in [1.54, 1.807) is 15.9 Å². The Hall–Kier alpha value is -3.66. The zero-order valence-electron chi connectivity index (χ0n) is 22.2. The first-order chi connectivity index (χ1) is 19.3. The summed E-state index contributed by atoms with van der Waals surface area (Å²) in [4.78, 5) is 16.2. The molecule has 2 aromatic rings. The van der Waals surface area contributed by atoms with E-state index in [0.29, 0.717) is 69.7 Å². The van der Waals surface area contributed by atoms with Crippen molar-refractivity contribution in [2.24, 2.45) is 0 Å². The molecule has 0 atom stereocenters. The largest absolute Gasteiger partial charge is 0.418 e. The van der Waals surface area contributed by atoms with Crippen LogP contribution < -0.4 is 16.0 Å². The molecule has 2 aromatic carbocycles. The van der Waals surface area contributed by atoms with Crippen LogP contribution in [0.4, 0.5) is 43.4 Å². The zero-order chi connectivity index (χ0) is 29.8. The molecule has 13 heteroatoms. The maximum Gasteiger partial charge on any atom is 0.418 e. The van der Waals surface area contributed by atoms with Gasteiger partial charge in [-0.3, -0.25) is 4.79 Å². The van der Waals surface area contributed by atoms with E-state index in [9.17, 15) is 31.1 Å². The molecule has 0 bridgehead atoms. The average Bonchev–Trinajstić information content (AvgIpc) is 3.19. The summed E-state index contributed by atoms with van der Waals surface area (Å²) >= 11 is 0. The fourth-order valence-electron chi connectivity index (χ4n) is 5.27. The van der Waals surface area contributed by atoms with Crippen LogP contribution in [0.2, 0.25) is 0 Å². The van der Waals surface area contributed by atoms with Gasteiger partial charge in [-0.05, 0) is 68.5 Å². The number of halogens is 6. The van der Waals surface area contributed by atoms with E-state index < -0.39 is 29.0 Å². The summed E-state index contributed by atoms with van der Waals surface area (Å²) < 4.78 is 85.4. The number of amides is 1. The standard InChI is InChI=1S/C28H31F6N5O2/c29-27(30,31)23-15-21(6-2-18(23)16-35)38-10-1-11-39(13-12-38)26(40)17-41-22-7-3-19(4-8-22)37-20-5-9-25(36)24(14-20)28(32,33)34/h2,5-6,9,14-15,19,22,37H,1,3-4,7-8,10-13,17,36H2. The summed E-state index contributed by atoms with van der Waals surface area (Å²) in [5, 5.41) is 12.2. The monoisotopic (exact) mass is 583 g/mol. The molecule has 1 amide bonds. The highest BCUT2D eigenvalue weighted by Crippen LogP contribution is 2.36. The van der Waals surface area contributed by atoms with Crippen molar-refractivity contribution in [3.8, 4) is 6.07 Å². The highest BCUT2D eigenvalue weighted by Gasteiger charge is 2.35. The van der Waals surface area contributed by atoms with E-state index >= 15 is 0 Å². The van der Waals surface area contributed by atoms with Gasteiger partial charge in [-0.15, -0.1) is 0 Å². The third-order valence-electron chi connectivity index (χ3n) is 7.49. The first kappa shape index (κ1) is 30.3. The Morgan fingerprint density at radius 3 is 2.32 bits per heavy atom. The molecule has 1 aliphatic heterocycles. The van der Waals surface area contributed by atoms with Gasteiger partial charge in [0.1, 0.15) is 6.61 Å². The lowest BCUT2D eigenvalue weighted by molar-refractivity contribution is -0.139. The number of benzene rings is 2. The number of carbonyl (C=O) groups excluding carboxylic acids is 1. The van der Waals surface area contributed by atoms with Gasteiger partial charge in [0.25, 0.3) is 0 Å². The molecule has 1 saturated carbocycles. The molecule has 0 spiro atoms. The summed E-state index contributed by atoms with van der Waals surface area (Å²) in [5.41, 5.74) is 3.54. The van der Waals surface area contributed by atoms with E-state index in [2.05, 4.69) is 5.32 Å². The van der Waals surface area contributed by atoms with Gasteiger partial charge in [0.05, 0.1) is 28.9 Å². The Bertz CT molecular complexity index is 1270. The van der Waals surface area contributed by atoms with Gasteiger partial charge in [0.15, 0.2) is 0 Å². The molecule has 0 unspecified atom stereocenters. The van der Waals surface area contributed by atoms with Crippen molar-refractivity contribution in [3.05, 3.63) is 53.1 Å². The Labute approximate surface area is 233 Å². The SMILES string of the molecule is N#Cc1ccc(N2CCCN(C(=O)COC3CCC(Nc4ccc(N)c(C(F)(F)F)c4)CC3)CC2)cc1C(F)(F)F. The molecule has 41 heavy (non-hydrogen) atoms. The number of nitriles is 1. The van der Waals surface area contributed by atoms with Gasteiger partial charge in [-0.1, -0.05) is 0 Å². The van der Waals surface area contributed by atoms with Gasteiger partial charge >= 0.3 is 12.4 Å². The lowest BCUT2D eigenvalue weighted by Crippen LogP contribution is -2.39. The number of anilines is 3. The molecule has 2 fully saturated rings. The Kier molecular flexibility index (Phi) is 9.21. The van der Waals surface area contributed by atoms with Crippen LogP contribution in [-0.2, 0) is 21.9 Å². The average molecular weight is 584 g/mol. The Morgan fingerprint density at radius 1 is 0.951 bits per heavy atom. The number of alkyl halides is 6. The van der Waals surface area contributed by atoms with E-state index in [-0.39, 0.29) is 30.3 Å². The number of nitrogens with one attached hydrogen (secondary N) is 1. The van der Waals surface area contributed by atoms with Crippen molar-refractivity contribution in [1.29, 1.82) is 5.26 Å². The number of hydrogen-bond acceptors (Lipinski definition) is 6. The minimum Gasteiger partial charge on any atom is -0.398 e. The molecule has 3 N–H and O–H groups in total. The molecule has 7 nitrogen and oxygen atoms in total. The first-order valence-electron chi connectivity index (χ1n) is 13.3. The van der Waals surface area contributed by atoms with Crippen LogP contribution in [-0.4, -0.2) is 55.7 Å². The van der Waals surface area contributed by atoms with Crippen molar-refractivity contribution in [1.82, 2.24) is 4.90 Å². The molecule has 0 aromatic heterocycles. The summed E-state index contributed by atoms with van der Waals surface area (Å²) in [6.07, 6.45) is -6.18. The maximum absolute atomic E-state index is 13.4. The minimum atomic E-state index is -4.64. The quantitative estimate of drug-likeness (QED) is 0.337. The topological polar surface area (TPSA) is 94.6 Å². The highest BCUT2D eigenvalue weighted by molar-refractivity contribution is 5.77. The van der Waals surface area contributed by atoms with Crippen molar-refractivity contribution in [2.75, 3.05) is 48.7 Å². The Morgan fingerprint density at radius 2 is 1.66 bits per heavy atom. The van der Waals surface area contributed by atoms with Crippen LogP contribution in [0.15, 0.2) is 36.4 Å². The number of nitrogen functional groups attached to an aromatic ring is 1. The summed E-state index contributed by atoms with van der Waals surface area (Å²) in [6.45, 7) is 1.45. The van der Waals surface area contributed by atoms with Gasteiger partial charge in [-0.25, -0.2) is 0 Å². The second kappa shape index (κ2) is 12.5. The summed E-state index contributed by atoms with van der Waals surface area (Å²) in [5.74, 6) is -0.204. The number of ether oxygens (including phenoxy) is 1. The van der Waals surface area contributed by atoms with E-state index in [1.165, 1.54) is 24.3 Å². The molecule has 1 heterocycles. The van der Waals surface area contributed by atoms with E-state index in [1.807, 2.05) is 0 Å². The number of rotatable bonds is 6. The summed E-state index contributed by atoms with van der Waals surface area (Å²) in [6, 6.07) is 8.94. The smallest absolute Gasteiger partial charge is 0.398 e. The molecule has 4 rings (SSSR count). The van der Waals surface area contributed by atoms with Crippen LogP contribution in [0.5, 0.6) is 0 Å². The maximum atomic E-state index is 13.4. The Balaban J connectivity index is 1.24. The number of nitrogens with zero attached hydrogens (tertiary/aromatic N) is 3. The zero-order valence-corrected chi connectivity index (χ0v) is 22.2. The molecular formula is C28H31F6N5O2. The van der Waals surface area contributed by atoms with Crippen LogP contribution in [0.1, 0.15) is 48.8 Å². The van der Waals surface area contributed by atoms with Crippen molar-refractivity contribution < 1.29 is 35.9 Å². The fourth-order valence-corrected chi connectivity index (χ4v) is 5.27. The lowest BCUT2D eigenvalue weighted by Gasteiger charge is -2.30. The van der Waals surface area contributed by atoms with Crippen LogP contribution in [0.3, 0.4) is 0 Å². The van der Waals surface area contributed by atoms with Crippen molar-refractivity contribution in [3.63, 3.8) is 0 Å². The predicted molar refractivity (Wildman–Crippen MR) is 141 cm³/mol. The third kappa shape index (κ3) is 7.75. The summed E-state index contributed by atoms with van der Waals surface area (Å²) in [7, 11) is 0. The lowest BCUT2D eigenvalue weighted by atomic mass is 9.92. The van der Waals surface area contributed by atoms with E-state index in [4.69, 9.17) is 15.7 Å². The normalized spacial score (nSPS) is 20.3. The van der Waals surface area contributed by atoms with Gasteiger partial charge < -0.3 is 25.6 Å². The highest BCUT2D eigenvalue weighted by atomic mass is 19.4. The number of carbonyl (C=O) groups is 1. The van der Waals surface area contributed by atoms with E-state index in [0.717, 1.165) is 12.1 Å². The molecule has 2 aliphatic rings. The predicted octanol–water partition coefficient (Wildman–Crippen LogP) is 5.66. The third-order valence-corrected chi connectivity index (χ3v) is 7.49. The fraction of sp³-hybridized carbons (Fsp3) is 0.500. The van der Waals surface area contributed by atoms with Crippen LogP contribution >= 0.6 is 0 Å². The second-order valence-corrected chi connectivity index (χ2v) is 10.3. The van der Waals surface area contributed by atoms with Crippen LogP contribution in [0.25, 0.3) is 0 Å². The van der Waals surface area contributed by atoms with Crippen molar-refractivity contribution >= 4 is 23.0 Å². The molecular weight excluding hydrogens is 552 g/mol. The first-order valence-corrected chi connectivity index (χ1v) is 13.3. The minimum absolute atomic E-state index is 0.0352. The molecule has 222 valence electrons. The van der Waals surface area contributed by atoms with Gasteiger partial charge in [0.2, 0.25) is 5.91 Å².